The van der Waals surface area contributed by atoms with E-state index in [9.17, 15) is 4.79 Å². The Morgan fingerprint density at radius 2 is 2.26 bits per heavy atom. The molecule has 2 aliphatic heterocycles. The van der Waals surface area contributed by atoms with Crippen LogP contribution in [0.3, 0.4) is 0 Å². The molecule has 1 aromatic heterocycles. The first-order valence-electron chi connectivity index (χ1n) is 8.79. The van der Waals surface area contributed by atoms with Gasteiger partial charge < -0.3 is 19.5 Å². The van der Waals surface area contributed by atoms with Crippen molar-refractivity contribution in [3.63, 3.8) is 0 Å². The second-order valence-electron chi connectivity index (χ2n) is 6.26. The third-order valence-electron chi connectivity index (χ3n) is 4.51. The molecule has 7 nitrogen and oxygen atoms in total. The lowest BCUT2D eigenvalue weighted by molar-refractivity contribution is -0.132. The Labute approximate surface area is 161 Å². The van der Waals surface area contributed by atoms with Gasteiger partial charge in [0.25, 0.3) is 5.91 Å². The minimum atomic E-state index is -0.159. The van der Waals surface area contributed by atoms with Gasteiger partial charge in [-0.2, -0.15) is 5.10 Å². The number of hydrogen-bond donors (Lipinski definition) is 1. The highest BCUT2D eigenvalue weighted by Crippen LogP contribution is 2.39. The SMILES string of the molecule is COCCNCC(=O)N1N=C(c2cccs2)CC1c1ccc2c(c1)OCO2. The van der Waals surface area contributed by atoms with Gasteiger partial charge in [0.2, 0.25) is 6.79 Å². The molecule has 2 aromatic rings. The number of fused-ring (bicyclic) bond motifs is 1. The molecule has 0 spiro atoms. The van der Waals surface area contributed by atoms with Crippen LogP contribution in [0.1, 0.15) is 22.9 Å². The molecule has 0 saturated carbocycles. The lowest BCUT2D eigenvalue weighted by Gasteiger charge is -2.22. The van der Waals surface area contributed by atoms with Gasteiger partial charge in [-0.05, 0) is 29.1 Å². The van der Waals surface area contributed by atoms with E-state index in [1.807, 2.05) is 35.7 Å². The minimum absolute atomic E-state index is 0.0691. The van der Waals surface area contributed by atoms with Crippen LogP contribution in [0.15, 0.2) is 40.8 Å². The van der Waals surface area contributed by atoms with Crippen molar-refractivity contribution < 1.29 is 19.0 Å². The number of nitrogens with one attached hydrogen (secondary N) is 1. The van der Waals surface area contributed by atoms with Crippen LogP contribution < -0.4 is 14.8 Å². The molecule has 0 saturated heterocycles. The third kappa shape index (κ3) is 3.83. The maximum atomic E-state index is 12.8. The van der Waals surface area contributed by atoms with E-state index < -0.39 is 0 Å². The molecular formula is C19H21N3O4S. The van der Waals surface area contributed by atoms with Gasteiger partial charge in [-0.3, -0.25) is 4.79 Å². The predicted molar refractivity (Wildman–Crippen MR) is 102 cm³/mol. The monoisotopic (exact) mass is 387 g/mol. The van der Waals surface area contributed by atoms with E-state index >= 15 is 0 Å². The van der Waals surface area contributed by atoms with Gasteiger partial charge >= 0.3 is 0 Å². The Bertz CT molecular complexity index is 837. The molecular weight excluding hydrogens is 366 g/mol. The zero-order chi connectivity index (χ0) is 18.6. The molecule has 27 heavy (non-hydrogen) atoms. The molecule has 4 rings (SSSR count). The molecule has 1 atom stereocenters. The zero-order valence-electron chi connectivity index (χ0n) is 15.0. The van der Waals surface area contributed by atoms with Crippen LogP contribution in [0.2, 0.25) is 0 Å². The molecule has 0 aliphatic carbocycles. The summed E-state index contributed by atoms with van der Waals surface area (Å²) in [5.74, 6) is 1.37. The predicted octanol–water partition coefficient (Wildman–Crippen LogP) is 2.39. The number of carbonyl (C=O) groups is 1. The summed E-state index contributed by atoms with van der Waals surface area (Å²) in [6.45, 7) is 1.62. The molecule has 1 amide bonds. The number of hydrazone groups is 1. The number of methoxy groups -OCH3 is 1. The first kappa shape index (κ1) is 18.0. The quantitative estimate of drug-likeness (QED) is 0.739. The summed E-state index contributed by atoms with van der Waals surface area (Å²) >= 11 is 1.63. The lowest BCUT2D eigenvalue weighted by Crippen LogP contribution is -2.36. The smallest absolute Gasteiger partial charge is 0.257 e. The van der Waals surface area contributed by atoms with E-state index in [4.69, 9.17) is 14.2 Å². The van der Waals surface area contributed by atoms with Crippen LogP contribution in [0.25, 0.3) is 0 Å². The standard InChI is InChI=1S/C19H21N3O4S/c1-24-7-6-20-11-19(23)22-15(10-14(21-22)18-3-2-8-27-18)13-4-5-16-17(9-13)26-12-25-16/h2-5,8-9,15,20H,6-7,10-12H2,1H3. The molecule has 1 unspecified atom stereocenters. The van der Waals surface area contributed by atoms with Crippen LogP contribution in [-0.2, 0) is 9.53 Å². The van der Waals surface area contributed by atoms with E-state index in [2.05, 4.69) is 10.4 Å². The second-order valence-corrected chi connectivity index (χ2v) is 7.21. The highest BCUT2D eigenvalue weighted by molar-refractivity contribution is 7.12. The fourth-order valence-electron chi connectivity index (χ4n) is 3.16. The number of hydrogen-bond acceptors (Lipinski definition) is 7. The topological polar surface area (TPSA) is 72.4 Å². The number of rotatable bonds is 7. The number of thiophene rings is 1. The first-order valence-corrected chi connectivity index (χ1v) is 9.67. The van der Waals surface area contributed by atoms with E-state index in [1.165, 1.54) is 0 Å². The van der Waals surface area contributed by atoms with Crippen molar-refractivity contribution in [2.24, 2.45) is 5.10 Å². The summed E-state index contributed by atoms with van der Waals surface area (Å²) in [6.07, 6.45) is 0.671. The van der Waals surface area contributed by atoms with Gasteiger partial charge in [0.05, 0.1) is 29.8 Å². The summed E-state index contributed by atoms with van der Waals surface area (Å²) in [7, 11) is 1.64. The minimum Gasteiger partial charge on any atom is -0.454 e. The normalized spacial score (nSPS) is 18.0. The summed E-state index contributed by atoms with van der Waals surface area (Å²) in [5, 5.41) is 11.4. The first-order chi connectivity index (χ1) is 13.3. The van der Waals surface area contributed by atoms with Gasteiger partial charge in [0.15, 0.2) is 11.5 Å². The van der Waals surface area contributed by atoms with Crippen molar-refractivity contribution in [2.45, 2.75) is 12.5 Å². The van der Waals surface area contributed by atoms with Crippen LogP contribution in [0.4, 0.5) is 0 Å². The van der Waals surface area contributed by atoms with Crippen molar-refractivity contribution in [1.29, 1.82) is 0 Å². The van der Waals surface area contributed by atoms with Crippen molar-refractivity contribution >= 4 is 23.0 Å². The number of amides is 1. The Balaban J connectivity index is 1.56. The summed E-state index contributed by atoms with van der Waals surface area (Å²) in [4.78, 5) is 13.9. The Hall–Kier alpha value is -2.42. The maximum absolute atomic E-state index is 12.8. The fraction of sp³-hybridized carbons (Fsp3) is 0.368. The molecule has 142 valence electrons. The van der Waals surface area contributed by atoms with Gasteiger partial charge in [-0.25, -0.2) is 5.01 Å². The van der Waals surface area contributed by atoms with Crippen molar-refractivity contribution in [3.05, 3.63) is 46.2 Å². The number of carbonyl (C=O) groups excluding carboxylic acids is 1. The van der Waals surface area contributed by atoms with E-state index in [-0.39, 0.29) is 25.3 Å². The van der Waals surface area contributed by atoms with Gasteiger partial charge in [0.1, 0.15) is 0 Å². The average Bonchev–Trinajstić information content (AvgIpc) is 3.43. The van der Waals surface area contributed by atoms with Crippen LogP contribution >= 0.6 is 11.3 Å². The lowest BCUT2D eigenvalue weighted by atomic mass is 10.0. The Kier molecular flexibility index (Phi) is 5.38. The molecule has 0 radical (unpaired) electrons. The van der Waals surface area contributed by atoms with E-state index in [1.54, 1.807) is 23.5 Å². The number of benzene rings is 1. The van der Waals surface area contributed by atoms with E-state index in [0.29, 0.717) is 25.3 Å². The average molecular weight is 387 g/mol. The van der Waals surface area contributed by atoms with Crippen molar-refractivity contribution in [2.75, 3.05) is 33.6 Å². The van der Waals surface area contributed by atoms with Gasteiger partial charge in [-0.15, -0.1) is 11.3 Å². The molecule has 8 heteroatoms. The highest BCUT2D eigenvalue weighted by Gasteiger charge is 2.34. The van der Waals surface area contributed by atoms with Crippen LogP contribution in [0, 0.1) is 0 Å². The Morgan fingerprint density at radius 3 is 3.07 bits per heavy atom. The molecule has 2 aliphatic rings. The number of nitrogens with zero attached hydrogens (tertiary/aromatic N) is 2. The van der Waals surface area contributed by atoms with Crippen LogP contribution in [-0.4, -0.2) is 50.2 Å². The van der Waals surface area contributed by atoms with Crippen molar-refractivity contribution in [3.8, 4) is 11.5 Å². The second kappa shape index (κ2) is 8.08. The summed E-state index contributed by atoms with van der Waals surface area (Å²) in [6, 6.07) is 9.68. The largest absolute Gasteiger partial charge is 0.454 e. The number of ether oxygens (including phenoxy) is 3. The molecule has 3 heterocycles. The molecule has 1 N–H and O–H groups in total. The van der Waals surface area contributed by atoms with Crippen molar-refractivity contribution in [1.82, 2.24) is 10.3 Å². The summed E-state index contributed by atoms with van der Waals surface area (Å²) in [5.41, 5.74) is 1.91. The fourth-order valence-corrected chi connectivity index (χ4v) is 3.88. The summed E-state index contributed by atoms with van der Waals surface area (Å²) < 4.78 is 15.9. The van der Waals surface area contributed by atoms with Gasteiger partial charge in [0, 0.05) is 20.1 Å². The molecule has 1 aromatic carbocycles. The molecule has 0 bridgehead atoms. The molecule has 0 fully saturated rings. The highest BCUT2D eigenvalue weighted by atomic mass is 32.1. The third-order valence-corrected chi connectivity index (χ3v) is 5.43. The van der Waals surface area contributed by atoms with E-state index in [0.717, 1.165) is 21.9 Å². The van der Waals surface area contributed by atoms with Gasteiger partial charge in [-0.1, -0.05) is 12.1 Å². The zero-order valence-corrected chi connectivity index (χ0v) is 15.8. The maximum Gasteiger partial charge on any atom is 0.257 e. The Morgan fingerprint density at radius 1 is 1.37 bits per heavy atom. The van der Waals surface area contributed by atoms with Crippen LogP contribution in [0.5, 0.6) is 11.5 Å².